The smallest absolute Gasteiger partial charge is 0.0387 e. The van der Waals surface area contributed by atoms with E-state index in [0.717, 1.165) is 12.4 Å². The van der Waals surface area contributed by atoms with E-state index in [0.29, 0.717) is 0 Å². The van der Waals surface area contributed by atoms with Crippen molar-refractivity contribution >= 4 is 12.6 Å². The first-order chi connectivity index (χ1) is 6.27. The van der Waals surface area contributed by atoms with Gasteiger partial charge in [-0.25, -0.2) is 0 Å². The van der Waals surface area contributed by atoms with Crippen molar-refractivity contribution in [3.05, 3.63) is 0 Å². The summed E-state index contributed by atoms with van der Waals surface area (Å²) in [5.41, 5.74) is 0. The van der Waals surface area contributed by atoms with Crippen LogP contribution in [0.2, 0.25) is 0 Å². The molecule has 0 aromatic rings. The van der Waals surface area contributed by atoms with Crippen molar-refractivity contribution in [2.24, 2.45) is 0 Å². The van der Waals surface area contributed by atoms with Crippen LogP contribution in [0.5, 0.6) is 0 Å². The van der Waals surface area contributed by atoms with Crippen molar-refractivity contribution in [3.8, 4) is 0 Å². The van der Waals surface area contributed by atoms with E-state index in [2.05, 4.69) is 36.9 Å². The number of thiol groups is 1. The van der Waals surface area contributed by atoms with Crippen LogP contribution in [0.3, 0.4) is 0 Å². The van der Waals surface area contributed by atoms with E-state index in [1.807, 2.05) is 0 Å². The van der Waals surface area contributed by atoms with Crippen LogP contribution in [-0.4, -0.2) is 38.0 Å². The lowest BCUT2D eigenvalue weighted by atomic mass is 10.1. The molecule has 0 bridgehead atoms. The molecule has 0 amide bonds. The van der Waals surface area contributed by atoms with Gasteiger partial charge in [0.1, 0.15) is 0 Å². The van der Waals surface area contributed by atoms with E-state index in [1.54, 1.807) is 0 Å². The second-order valence-electron chi connectivity index (χ2n) is 3.73. The van der Waals surface area contributed by atoms with E-state index in [1.165, 1.54) is 38.6 Å². The first kappa shape index (κ1) is 13.3. The highest BCUT2D eigenvalue weighted by Crippen LogP contribution is 2.02. The molecule has 0 saturated carbocycles. The Morgan fingerprint density at radius 3 is 2.23 bits per heavy atom. The summed E-state index contributed by atoms with van der Waals surface area (Å²) in [4.78, 5) is 2.25. The van der Waals surface area contributed by atoms with Gasteiger partial charge in [-0.15, -0.1) is 0 Å². The maximum atomic E-state index is 4.09. The number of unbranched alkanes of at least 4 members (excludes halogenated alkanes) is 4. The highest BCUT2D eigenvalue weighted by atomic mass is 32.1. The van der Waals surface area contributed by atoms with Gasteiger partial charge in [-0.2, -0.15) is 12.6 Å². The Hall–Kier alpha value is 0.270. The van der Waals surface area contributed by atoms with Crippen LogP contribution >= 0.6 is 12.6 Å². The Morgan fingerprint density at radius 2 is 1.62 bits per heavy atom. The second-order valence-corrected chi connectivity index (χ2v) is 4.05. The number of hydrogen-bond donors (Lipinski definition) is 2. The van der Waals surface area contributed by atoms with Crippen LogP contribution in [0.25, 0.3) is 0 Å². The molecule has 0 unspecified atom stereocenters. The minimum Gasteiger partial charge on any atom is -0.309 e. The SMILES string of the molecule is CN(C)CCCCCCCNCS. The summed E-state index contributed by atoms with van der Waals surface area (Å²) in [6, 6.07) is 0. The Morgan fingerprint density at radius 1 is 1.00 bits per heavy atom. The van der Waals surface area contributed by atoms with Gasteiger partial charge < -0.3 is 10.2 Å². The minimum absolute atomic E-state index is 0.806. The largest absolute Gasteiger partial charge is 0.309 e. The Bertz CT molecular complexity index is 96.9. The fraction of sp³-hybridized carbons (Fsp3) is 1.00. The van der Waals surface area contributed by atoms with Gasteiger partial charge in [-0.3, -0.25) is 0 Å². The number of rotatable bonds is 9. The second kappa shape index (κ2) is 10.4. The van der Waals surface area contributed by atoms with Crippen LogP contribution in [0.4, 0.5) is 0 Å². The maximum absolute atomic E-state index is 4.09. The first-order valence-corrected chi connectivity index (χ1v) is 5.87. The van der Waals surface area contributed by atoms with Gasteiger partial charge in [-0.1, -0.05) is 19.3 Å². The predicted molar refractivity (Wildman–Crippen MR) is 63.5 cm³/mol. The zero-order valence-electron chi connectivity index (χ0n) is 9.05. The van der Waals surface area contributed by atoms with E-state index in [9.17, 15) is 0 Å². The lowest BCUT2D eigenvalue weighted by Crippen LogP contribution is -2.13. The van der Waals surface area contributed by atoms with Crippen molar-refractivity contribution in [2.45, 2.75) is 32.1 Å². The van der Waals surface area contributed by atoms with Crippen molar-refractivity contribution in [1.82, 2.24) is 10.2 Å². The maximum Gasteiger partial charge on any atom is 0.0387 e. The molecule has 0 radical (unpaired) electrons. The monoisotopic (exact) mass is 204 g/mol. The summed E-state index contributed by atoms with van der Waals surface area (Å²) < 4.78 is 0. The molecule has 80 valence electrons. The first-order valence-electron chi connectivity index (χ1n) is 5.23. The van der Waals surface area contributed by atoms with Crippen molar-refractivity contribution < 1.29 is 0 Å². The third kappa shape index (κ3) is 12.3. The molecule has 0 heterocycles. The molecule has 0 spiro atoms. The van der Waals surface area contributed by atoms with E-state index >= 15 is 0 Å². The Labute approximate surface area is 88.5 Å². The molecule has 2 nitrogen and oxygen atoms in total. The highest BCUT2D eigenvalue weighted by molar-refractivity contribution is 7.80. The van der Waals surface area contributed by atoms with Crippen LogP contribution in [0, 0.1) is 0 Å². The van der Waals surface area contributed by atoms with E-state index in [-0.39, 0.29) is 0 Å². The van der Waals surface area contributed by atoms with E-state index in [4.69, 9.17) is 0 Å². The molecule has 0 atom stereocenters. The molecule has 0 rings (SSSR count). The van der Waals surface area contributed by atoms with Gasteiger partial charge >= 0.3 is 0 Å². The number of nitrogens with zero attached hydrogens (tertiary/aromatic N) is 1. The molecule has 0 aromatic heterocycles. The Balaban J connectivity index is 2.84. The van der Waals surface area contributed by atoms with Crippen molar-refractivity contribution in [2.75, 3.05) is 33.1 Å². The topological polar surface area (TPSA) is 15.3 Å². The third-order valence-electron chi connectivity index (χ3n) is 2.07. The Kier molecular flexibility index (Phi) is 10.6. The fourth-order valence-corrected chi connectivity index (χ4v) is 1.45. The number of hydrogen-bond acceptors (Lipinski definition) is 3. The summed E-state index contributed by atoms with van der Waals surface area (Å²) in [5, 5.41) is 3.21. The van der Waals surface area contributed by atoms with E-state index < -0.39 is 0 Å². The van der Waals surface area contributed by atoms with Crippen molar-refractivity contribution in [1.29, 1.82) is 0 Å². The standard InChI is InChI=1S/C10H24N2S/c1-12(2)9-7-5-3-4-6-8-11-10-13/h11,13H,3-10H2,1-2H3. The lowest BCUT2D eigenvalue weighted by Gasteiger charge is -2.08. The molecule has 1 N–H and O–H groups in total. The van der Waals surface area contributed by atoms with Crippen LogP contribution < -0.4 is 5.32 Å². The van der Waals surface area contributed by atoms with Gasteiger partial charge in [0.2, 0.25) is 0 Å². The summed E-state index contributed by atoms with van der Waals surface area (Å²) in [5.74, 6) is 0.806. The van der Waals surface area contributed by atoms with Crippen LogP contribution in [-0.2, 0) is 0 Å². The van der Waals surface area contributed by atoms with Crippen LogP contribution in [0.15, 0.2) is 0 Å². The molecule has 13 heavy (non-hydrogen) atoms. The summed E-state index contributed by atoms with van der Waals surface area (Å²) in [6.45, 7) is 2.35. The van der Waals surface area contributed by atoms with Gasteiger partial charge in [0.25, 0.3) is 0 Å². The van der Waals surface area contributed by atoms with Gasteiger partial charge in [0.05, 0.1) is 0 Å². The average Bonchev–Trinajstić information content (AvgIpc) is 2.09. The molecule has 0 aliphatic heterocycles. The zero-order valence-corrected chi connectivity index (χ0v) is 9.95. The molecule has 0 saturated heterocycles. The average molecular weight is 204 g/mol. The zero-order chi connectivity index (χ0) is 9.94. The van der Waals surface area contributed by atoms with Gasteiger partial charge in [0.15, 0.2) is 0 Å². The summed E-state index contributed by atoms with van der Waals surface area (Å²) in [7, 11) is 4.27. The molecular formula is C10H24N2S. The molecule has 0 aromatic carbocycles. The predicted octanol–water partition coefficient (Wildman–Crippen LogP) is 1.98. The normalized spacial score (nSPS) is 11.1. The molecule has 0 aliphatic carbocycles. The highest BCUT2D eigenvalue weighted by Gasteiger charge is 1.92. The van der Waals surface area contributed by atoms with Crippen molar-refractivity contribution in [3.63, 3.8) is 0 Å². The quantitative estimate of drug-likeness (QED) is 0.339. The molecule has 3 heteroatoms. The van der Waals surface area contributed by atoms with Crippen LogP contribution in [0.1, 0.15) is 32.1 Å². The fourth-order valence-electron chi connectivity index (χ4n) is 1.29. The number of nitrogens with one attached hydrogen (secondary N) is 1. The molecular weight excluding hydrogens is 180 g/mol. The molecule has 0 aliphatic rings. The van der Waals surface area contributed by atoms with Gasteiger partial charge in [-0.05, 0) is 40.0 Å². The summed E-state index contributed by atoms with van der Waals surface area (Å²) >= 11 is 4.09. The third-order valence-corrected chi connectivity index (χ3v) is 2.29. The molecule has 0 fully saturated rings. The summed E-state index contributed by atoms with van der Waals surface area (Å²) in [6.07, 6.45) is 6.74. The minimum atomic E-state index is 0.806. The lowest BCUT2D eigenvalue weighted by molar-refractivity contribution is 0.389. The van der Waals surface area contributed by atoms with Gasteiger partial charge in [0, 0.05) is 5.88 Å².